The van der Waals surface area contributed by atoms with Crippen molar-refractivity contribution in [3.05, 3.63) is 24.3 Å². The fraction of sp³-hybridized carbons (Fsp3) is 0.526. The van der Waals surface area contributed by atoms with Crippen molar-refractivity contribution in [2.24, 2.45) is 4.99 Å². The number of anilines is 1. The number of nitrogens with zero attached hydrogens (tertiary/aromatic N) is 3. The van der Waals surface area contributed by atoms with Gasteiger partial charge in [0.25, 0.3) is 10.0 Å². The highest BCUT2D eigenvalue weighted by molar-refractivity contribution is 7.90. The molecule has 0 spiro atoms. The van der Waals surface area contributed by atoms with Crippen molar-refractivity contribution >= 4 is 33.4 Å². The molecule has 0 aromatic heterocycles. The van der Waals surface area contributed by atoms with Crippen molar-refractivity contribution in [1.82, 2.24) is 14.5 Å². The topological polar surface area (TPSA) is 111 Å². The predicted molar refractivity (Wildman–Crippen MR) is 112 cm³/mol. The fourth-order valence-corrected chi connectivity index (χ4v) is 4.12. The van der Waals surface area contributed by atoms with Crippen LogP contribution in [-0.2, 0) is 19.6 Å². The third-order valence-corrected chi connectivity index (χ3v) is 5.87. The number of sulfonamides is 1. The van der Waals surface area contributed by atoms with Crippen molar-refractivity contribution in [3.63, 3.8) is 0 Å². The Kier molecular flexibility index (Phi) is 8.15. The summed E-state index contributed by atoms with van der Waals surface area (Å²) in [4.78, 5) is 31.9. The first-order valence-corrected chi connectivity index (χ1v) is 11.2. The summed E-state index contributed by atoms with van der Waals surface area (Å²) in [6.07, 6.45) is 1.44. The Balaban J connectivity index is 1.95. The highest BCUT2D eigenvalue weighted by Gasteiger charge is 2.19. The van der Waals surface area contributed by atoms with Crippen LogP contribution in [0.4, 0.5) is 5.69 Å². The Hall–Kier alpha value is -2.46. The van der Waals surface area contributed by atoms with E-state index in [1.165, 1.54) is 12.1 Å². The van der Waals surface area contributed by atoms with Crippen LogP contribution in [0.15, 0.2) is 34.2 Å². The summed E-state index contributed by atoms with van der Waals surface area (Å²) >= 11 is 0. The number of carbonyl (C=O) groups excluding carboxylic acids is 2. The summed E-state index contributed by atoms with van der Waals surface area (Å²) in [7, 11) is -2.06. The normalized spacial score (nSPS) is 13.9. The van der Waals surface area contributed by atoms with Crippen molar-refractivity contribution in [2.75, 3.05) is 45.1 Å². The van der Waals surface area contributed by atoms with Gasteiger partial charge in [-0.1, -0.05) is 6.07 Å². The van der Waals surface area contributed by atoms with Crippen molar-refractivity contribution in [1.29, 1.82) is 0 Å². The SMILES string of the molecule is CCN(CC)C(=O)CN(C)CC(=O)Nc1cccc(S(=O)(=O)NC2=NCCC2)c1. The first-order valence-electron chi connectivity index (χ1n) is 9.67. The Bertz CT molecular complexity index is 865. The van der Waals surface area contributed by atoms with E-state index < -0.39 is 10.0 Å². The second-order valence-corrected chi connectivity index (χ2v) is 8.53. The minimum Gasteiger partial charge on any atom is -0.342 e. The van der Waals surface area contributed by atoms with Crippen molar-refractivity contribution in [2.45, 2.75) is 31.6 Å². The van der Waals surface area contributed by atoms with E-state index in [2.05, 4.69) is 15.0 Å². The summed E-state index contributed by atoms with van der Waals surface area (Å²) < 4.78 is 27.5. The monoisotopic (exact) mass is 423 g/mol. The molecule has 0 saturated carbocycles. The van der Waals surface area contributed by atoms with Gasteiger partial charge in [-0.2, -0.15) is 0 Å². The second kappa shape index (κ2) is 10.4. The van der Waals surface area contributed by atoms with E-state index in [4.69, 9.17) is 0 Å². The lowest BCUT2D eigenvalue weighted by molar-refractivity contribution is -0.132. The first-order chi connectivity index (χ1) is 13.7. The predicted octanol–water partition coefficient (Wildman–Crippen LogP) is 0.896. The summed E-state index contributed by atoms with van der Waals surface area (Å²) in [6, 6.07) is 6.04. The molecule has 160 valence electrons. The van der Waals surface area contributed by atoms with Gasteiger partial charge in [-0.05, 0) is 45.5 Å². The van der Waals surface area contributed by atoms with E-state index in [9.17, 15) is 18.0 Å². The molecule has 2 rings (SSSR count). The smallest absolute Gasteiger partial charge is 0.262 e. The van der Waals surface area contributed by atoms with Crippen LogP contribution in [0.5, 0.6) is 0 Å². The zero-order chi connectivity index (χ0) is 21.4. The van der Waals surface area contributed by atoms with E-state index >= 15 is 0 Å². The molecular formula is C19H29N5O4S. The molecule has 1 aliphatic heterocycles. The Morgan fingerprint density at radius 3 is 2.52 bits per heavy atom. The molecule has 0 radical (unpaired) electrons. The standard InChI is InChI=1S/C19H29N5O4S/c1-4-24(5-2)19(26)14-23(3)13-18(25)21-15-8-6-9-16(12-15)29(27,28)22-17-10-7-11-20-17/h6,8-9,12H,4-5,7,10-11,13-14H2,1-3H3,(H,20,22)(H,21,25). The van der Waals surface area contributed by atoms with E-state index in [-0.39, 0.29) is 29.8 Å². The molecule has 1 aliphatic rings. The molecule has 0 bridgehead atoms. The third-order valence-electron chi connectivity index (χ3n) is 4.49. The molecule has 0 fully saturated rings. The summed E-state index contributed by atoms with van der Waals surface area (Å²) in [5.41, 5.74) is 0.370. The number of hydrogen-bond acceptors (Lipinski definition) is 6. The lowest BCUT2D eigenvalue weighted by Gasteiger charge is -2.22. The zero-order valence-corrected chi connectivity index (χ0v) is 18.0. The van der Waals surface area contributed by atoms with Crippen LogP contribution in [0.25, 0.3) is 0 Å². The number of likely N-dealkylation sites (N-methyl/N-ethyl adjacent to an activating group) is 2. The van der Waals surface area contributed by atoms with E-state index in [1.54, 1.807) is 29.0 Å². The maximum atomic E-state index is 12.5. The van der Waals surface area contributed by atoms with Gasteiger partial charge < -0.3 is 10.2 Å². The highest BCUT2D eigenvalue weighted by atomic mass is 32.2. The van der Waals surface area contributed by atoms with Gasteiger partial charge >= 0.3 is 0 Å². The largest absolute Gasteiger partial charge is 0.342 e. The van der Waals surface area contributed by atoms with Crippen LogP contribution < -0.4 is 10.0 Å². The molecule has 1 heterocycles. The number of rotatable bonds is 9. The molecule has 0 unspecified atom stereocenters. The highest BCUT2D eigenvalue weighted by Crippen LogP contribution is 2.16. The summed E-state index contributed by atoms with van der Waals surface area (Å²) in [5.74, 6) is 0.0840. The zero-order valence-electron chi connectivity index (χ0n) is 17.1. The molecular weight excluding hydrogens is 394 g/mol. The van der Waals surface area contributed by atoms with Crippen molar-refractivity contribution in [3.8, 4) is 0 Å². The molecule has 1 aromatic carbocycles. The van der Waals surface area contributed by atoms with Crippen molar-refractivity contribution < 1.29 is 18.0 Å². The number of amidine groups is 1. The summed E-state index contributed by atoms with van der Waals surface area (Å²) in [6.45, 7) is 5.83. The molecule has 10 heteroatoms. The molecule has 0 aliphatic carbocycles. The average molecular weight is 424 g/mol. The lowest BCUT2D eigenvalue weighted by atomic mass is 10.3. The third kappa shape index (κ3) is 6.82. The average Bonchev–Trinajstić information content (AvgIpc) is 3.15. The minimum atomic E-state index is -3.75. The Morgan fingerprint density at radius 2 is 1.90 bits per heavy atom. The van der Waals surface area contributed by atoms with Crippen LogP contribution in [0.1, 0.15) is 26.7 Å². The molecule has 2 N–H and O–H groups in total. The van der Waals surface area contributed by atoms with E-state index in [0.29, 0.717) is 37.6 Å². The Morgan fingerprint density at radius 1 is 1.17 bits per heavy atom. The molecule has 0 saturated heterocycles. The number of benzene rings is 1. The number of aliphatic imine (C=N–C) groups is 1. The quantitative estimate of drug-likeness (QED) is 0.613. The van der Waals surface area contributed by atoms with Gasteiger partial charge in [-0.3, -0.25) is 24.2 Å². The van der Waals surface area contributed by atoms with Gasteiger partial charge in [0.1, 0.15) is 5.84 Å². The van der Waals surface area contributed by atoms with Gasteiger partial charge in [-0.25, -0.2) is 8.42 Å². The van der Waals surface area contributed by atoms with Crippen LogP contribution in [0, 0.1) is 0 Å². The van der Waals surface area contributed by atoms with Gasteiger partial charge in [0.05, 0.1) is 18.0 Å². The maximum Gasteiger partial charge on any atom is 0.262 e. The minimum absolute atomic E-state index is 0.0129. The molecule has 2 amide bonds. The van der Waals surface area contributed by atoms with E-state index in [1.807, 2.05) is 13.8 Å². The van der Waals surface area contributed by atoms with Gasteiger partial charge in [0.2, 0.25) is 11.8 Å². The second-order valence-electron chi connectivity index (χ2n) is 6.85. The van der Waals surface area contributed by atoms with Crippen LogP contribution in [0.2, 0.25) is 0 Å². The molecule has 29 heavy (non-hydrogen) atoms. The molecule has 9 nitrogen and oxygen atoms in total. The van der Waals surface area contributed by atoms with E-state index in [0.717, 1.165) is 6.42 Å². The van der Waals surface area contributed by atoms with Crippen LogP contribution in [-0.4, -0.2) is 75.6 Å². The van der Waals surface area contributed by atoms with Gasteiger partial charge in [-0.15, -0.1) is 0 Å². The molecule has 1 aromatic rings. The number of amides is 2. The number of hydrogen-bond donors (Lipinski definition) is 2. The van der Waals surface area contributed by atoms with Gasteiger partial charge in [0, 0.05) is 31.7 Å². The number of nitrogens with one attached hydrogen (secondary N) is 2. The maximum absolute atomic E-state index is 12.5. The first kappa shape index (κ1) is 22.8. The van der Waals surface area contributed by atoms with Crippen LogP contribution in [0.3, 0.4) is 0 Å². The fourth-order valence-electron chi connectivity index (χ4n) is 2.99. The van der Waals surface area contributed by atoms with Gasteiger partial charge in [0.15, 0.2) is 0 Å². The lowest BCUT2D eigenvalue weighted by Crippen LogP contribution is -2.41. The summed E-state index contributed by atoms with van der Waals surface area (Å²) in [5, 5.41) is 2.68. The Labute approximate surface area is 172 Å². The molecule has 0 atom stereocenters. The number of carbonyl (C=O) groups is 2. The van der Waals surface area contributed by atoms with Crippen LogP contribution >= 0.6 is 0 Å².